The van der Waals surface area contributed by atoms with E-state index in [1.54, 1.807) is 0 Å². The fourth-order valence-corrected chi connectivity index (χ4v) is 5.16. The van der Waals surface area contributed by atoms with Gasteiger partial charge in [0.25, 0.3) is 0 Å². The van der Waals surface area contributed by atoms with Crippen molar-refractivity contribution in [2.24, 2.45) is 0 Å². The molecular formula is C23H42NOP. The van der Waals surface area contributed by atoms with Crippen molar-refractivity contribution in [2.45, 2.75) is 105 Å². The topological polar surface area (TPSA) is 21.3 Å². The summed E-state index contributed by atoms with van der Waals surface area (Å²) in [5.74, 6) is 0. The van der Waals surface area contributed by atoms with Gasteiger partial charge in [-0.15, -0.1) is 0 Å². The molecule has 1 N–H and O–H groups in total. The minimum atomic E-state index is -0.910. The van der Waals surface area contributed by atoms with E-state index in [9.17, 15) is 0 Å². The van der Waals surface area contributed by atoms with Crippen molar-refractivity contribution >= 4 is 13.6 Å². The van der Waals surface area contributed by atoms with Gasteiger partial charge in [-0.05, 0) is 53.7 Å². The molecule has 0 aromatic heterocycles. The summed E-state index contributed by atoms with van der Waals surface area (Å²) in [5.41, 5.74) is 4.42. The Kier molecular flexibility index (Phi) is 6.84. The molecule has 0 fully saturated rings. The lowest BCUT2D eigenvalue weighted by atomic mass is 9.75. The standard InChI is InChI=1S/C23H42NOP/c1-20(2,3)16-14-17(21(4,5)6)19(18(15-16)22(7,8)9)26(25-13)24-23(10,11)12/h14-15,24H,1-13H3. The molecule has 1 unspecified atom stereocenters. The number of hydrogen-bond acceptors (Lipinski definition) is 2. The molecule has 0 amide bonds. The minimum absolute atomic E-state index is 0.00524. The normalized spacial score (nSPS) is 15.3. The summed E-state index contributed by atoms with van der Waals surface area (Å²) in [6, 6.07) is 4.84. The van der Waals surface area contributed by atoms with Crippen LogP contribution in [0.3, 0.4) is 0 Å². The van der Waals surface area contributed by atoms with E-state index in [4.69, 9.17) is 4.52 Å². The molecule has 3 heteroatoms. The van der Waals surface area contributed by atoms with Crippen LogP contribution in [0.15, 0.2) is 12.1 Å². The van der Waals surface area contributed by atoms with E-state index in [1.807, 2.05) is 7.11 Å². The van der Waals surface area contributed by atoms with Gasteiger partial charge in [-0.2, -0.15) is 0 Å². The molecule has 26 heavy (non-hydrogen) atoms. The summed E-state index contributed by atoms with van der Waals surface area (Å²) in [5, 5.41) is 5.11. The van der Waals surface area contributed by atoms with Gasteiger partial charge in [0.2, 0.25) is 0 Å². The monoisotopic (exact) mass is 379 g/mol. The summed E-state index contributed by atoms with van der Waals surface area (Å²) in [4.78, 5) is 0. The van der Waals surface area contributed by atoms with Crippen LogP contribution in [0.1, 0.15) is 99.8 Å². The van der Waals surface area contributed by atoms with Gasteiger partial charge in [0.05, 0.1) is 0 Å². The minimum Gasteiger partial charge on any atom is -0.343 e. The molecule has 150 valence electrons. The summed E-state index contributed by atoms with van der Waals surface area (Å²) in [6.07, 6.45) is 0. The van der Waals surface area contributed by atoms with Crippen molar-refractivity contribution in [3.05, 3.63) is 28.8 Å². The van der Waals surface area contributed by atoms with Crippen LogP contribution in [-0.2, 0) is 20.8 Å². The Morgan fingerprint density at radius 1 is 0.692 bits per heavy atom. The molecule has 0 saturated heterocycles. The first-order valence-corrected chi connectivity index (χ1v) is 11.0. The highest BCUT2D eigenvalue weighted by Crippen LogP contribution is 2.43. The fraction of sp³-hybridized carbons (Fsp3) is 0.739. The Morgan fingerprint density at radius 2 is 1.08 bits per heavy atom. The van der Waals surface area contributed by atoms with Crippen molar-refractivity contribution in [1.82, 2.24) is 5.09 Å². The van der Waals surface area contributed by atoms with Crippen LogP contribution < -0.4 is 10.4 Å². The molecule has 0 aliphatic rings. The molecule has 0 spiro atoms. The van der Waals surface area contributed by atoms with E-state index >= 15 is 0 Å². The van der Waals surface area contributed by atoms with Crippen LogP contribution in [0.25, 0.3) is 0 Å². The maximum atomic E-state index is 6.06. The van der Waals surface area contributed by atoms with Crippen LogP contribution in [0, 0.1) is 0 Å². The van der Waals surface area contributed by atoms with E-state index in [2.05, 4.69) is 100 Å². The second-order valence-electron chi connectivity index (χ2n) is 11.5. The van der Waals surface area contributed by atoms with Gasteiger partial charge in [-0.3, -0.25) is 5.09 Å². The highest BCUT2D eigenvalue weighted by Gasteiger charge is 2.34. The first-order chi connectivity index (χ1) is 11.4. The van der Waals surface area contributed by atoms with Crippen LogP contribution in [0.2, 0.25) is 0 Å². The second-order valence-corrected chi connectivity index (χ2v) is 13.1. The first-order valence-electron chi connectivity index (χ1n) is 9.69. The molecule has 1 atom stereocenters. The third-order valence-electron chi connectivity index (χ3n) is 4.41. The SMILES string of the molecule is COP(NC(C)(C)C)c1c(C(C)(C)C)cc(C(C)(C)C)cc1C(C)(C)C. The maximum absolute atomic E-state index is 6.06. The lowest BCUT2D eigenvalue weighted by molar-refractivity contribution is 0.428. The number of rotatable bonds is 3. The van der Waals surface area contributed by atoms with Crippen LogP contribution in [-0.4, -0.2) is 12.6 Å². The third kappa shape index (κ3) is 6.04. The van der Waals surface area contributed by atoms with E-state index in [0.717, 1.165) is 0 Å². The maximum Gasteiger partial charge on any atom is 0.135 e. The van der Waals surface area contributed by atoms with Crippen molar-refractivity contribution in [2.75, 3.05) is 7.11 Å². The lowest BCUT2D eigenvalue weighted by Crippen LogP contribution is -2.39. The molecule has 0 aliphatic carbocycles. The van der Waals surface area contributed by atoms with Gasteiger partial charge < -0.3 is 4.52 Å². The van der Waals surface area contributed by atoms with Crippen molar-refractivity contribution in [3.63, 3.8) is 0 Å². The average Bonchev–Trinajstić information content (AvgIpc) is 2.39. The van der Waals surface area contributed by atoms with E-state index < -0.39 is 8.30 Å². The van der Waals surface area contributed by atoms with Crippen LogP contribution in [0.4, 0.5) is 0 Å². The van der Waals surface area contributed by atoms with Crippen molar-refractivity contribution in [3.8, 4) is 0 Å². The Balaban J connectivity index is 3.90. The summed E-state index contributed by atoms with van der Waals surface area (Å²) < 4.78 is 6.06. The van der Waals surface area contributed by atoms with Crippen LogP contribution >= 0.6 is 8.30 Å². The molecule has 1 rings (SSSR count). The second kappa shape index (κ2) is 7.53. The molecule has 1 aromatic rings. The van der Waals surface area contributed by atoms with Gasteiger partial charge in [0, 0.05) is 18.0 Å². The molecule has 0 heterocycles. The van der Waals surface area contributed by atoms with Gasteiger partial charge >= 0.3 is 0 Å². The molecule has 0 radical (unpaired) electrons. The Morgan fingerprint density at radius 3 is 1.31 bits per heavy atom. The summed E-state index contributed by atoms with van der Waals surface area (Å²) in [7, 11) is 0.924. The predicted molar refractivity (Wildman–Crippen MR) is 119 cm³/mol. The van der Waals surface area contributed by atoms with Crippen LogP contribution in [0.5, 0.6) is 0 Å². The van der Waals surface area contributed by atoms with E-state index in [1.165, 1.54) is 22.0 Å². The first kappa shape index (κ1) is 23.6. The van der Waals surface area contributed by atoms with Gasteiger partial charge in [-0.1, -0.05) is 74.4 Å². The fourth-order valence-electron chi connectivity index (χ4n) is 2.93. The number of benzene rings is 1. The Hall–Kier alpha value is -0.430. The Bertz CT molecular complexity index is 587. The van der Waals surface area contributed by atoms with Crippen molar-refractivity contribution < 1.29 is 4.52 Å². The smallest absolute Gasteiger partial charge is 0.135 e. The molecule has 2 nitrogen and oxygen atoms in total. The average molecular weight is 380 g/mol. The Labute approximate surface area is 164 Å². The molecule has 0 saturated carbocycles. The number of nitrogens with one attached hydrogen (secondary N) is 1. The molecule has 0 aliphatic heterocycles. The molecular weight excluding hydrogens is 337 g/mol. The van der Waals surface area contributed by atoms with Gasteiger partial charge in [0.15, 0.2) is 0 Å². The highest BCUT2D eigenvalue weighted by atomic mass is 31.2. The van der Waals surface area contributed by atoms with E-state index in [0.29, 0.717) is 0 Å². The molecule has 0 bridgehead atoms. The summed E-state index contributed by atoms with van der Waals surface area (Å²) in [6.45, 7) is 27.4. The molecule has 1 aromatic carbocycles. The zero-order chi connectivity index (χ0) is 20.7. The zero-order valence-electron chi connectivity index (χ0n) is 19.5. The van der Waals surface area contributed by atoms with Gasteiger partial charge in [0.1, 0.15) is 8.30 Å². The third-order valence-corrected chi connectivity index (χ3v) is 6.54. The largest absolute Gasteiger partial charge is 0.343 e. The lowest BCUT2D eigenvalue weighted by Gasteiger charge is -2.37. The van der Waals surface area contributed by atoms with E-state index in [-0.39, 0.29) is 21.8 Å². The van der Waals surface area contributed by atoms with Gasteiger partial charge in [-0.25, -0.2) is 0 Å². The highest BCUT2D eigenvalue weighted by molar-refractivity contribution is 7.59. The number of hydrogen-bond donors (Lipinski definition) is 1. The van der Waals surface area contributed by atoms with Crippen molar-refractivity contribution in [1.29, 1.82) is 0 Å². The predicted octanol–water partition coefficient (Wildman–Crippen LogP) is 6.55. The summed E-state index contributed by atoms with van der Waals surface area (Å²) >= 11 is 0. The zero-order valence-corrected chi connectivity index (χ0v) is 20.4. The quantitative estimate of drug-likeness (QED) is 0.601.